The molecule has 0 radical (unpaired) electrons. The summed E-state index contributed by atoms with van der Waals surface area (Å²) in [7, 11) is 2.18. The molecule has 1 aliphatic rings. The first-order chi connectivity index (χ1) is 16.1. The van der Waals surface area contributed by atoms with E-state index in [0.717, 1.165) is 30.7 Å². The van der Waals surface area contributed by atoms with Gasteiger partial charge < -0.3 is 9.72 Å². The fourth-order valence-electron chi connectivity index (χ4n) is 4.93. The van der Waals surface area contributed by atoms with E-state index in [-0.39, 0.29) is 11.4 Å². The number of aryl methyl sites for hydroxylation is 1. The summed E-state index contributed by atoms with van der Waals surface area (Å²) in [6, 6.07) is 25.2. The van der Waals surface area contributed by atoms with Gasteiger partial charge in [0.25, 0.3) is 0 Å². The highest BCUT2D eigenvalue weighted by atomic mass is 16.1. The Morgan fingerprint density at radius 3 is 2.42 bits per heavy atom. The topological polar surface area (TPSA) is 49.6 Å². The molecule has 33 heavy (non-hydrogen) atoms. The quantitative estimate of drug-likeness (QED) is 0.452. The molecule has 2 aromatic heterocycles. The lowest BCUT2D eigenvalue weighted by Gasteiger charge is -2.39. The summed E-state index contributed by atoms with van der Waals surface area (Å²) < 4.78 is 2.00. The molecule has 0 unspecified atom stereocenters. The number of hydrogen-bond acceptors (Lipinski definition) is 3. The lowest BCUT2D eigenvalue weighted by Crippen LogP contribution is -2.54. The smallest absolute Gasteiger partial charge is 0.220 e. The number of pyridine rings is 1. The van der Waals surface area contributed by atoms with Crippen LogP contribution in [0.15, 0.2) is 85.2 Å². The van der Waals surface area contributed by atoms with Crippen LogP contribution in [0.1, 0.15) is 28.8 Å². The van der Waals surface area contributed by atoms with Gasteiger partial charge in [-0.05, 0) is 55.1 Å². The lowest BCUT2D eigenvalue weighted by molar-refractivity contribution is -0.121. The zero-order chi connectivity index (χ0) is 22.7. The molecule has 5 heteroatoms. The Kier molecular flexibility index (Phi) is 5.97. The number of fused-ring (bicyclic) bond motifs is 2. The molecule has 1 N–H and O–H groups in total. The summed E-state index contributed by atoms with van der Waals surface area (Å²) in [5.41, 5.74) is 5.79. The molecule has 1 aliphatic carbocycles. The predicted molar refractivity (Wildman–Crippen MR) is 131 cm³/mol. The van der Waals surface area contributed by atoms with Gasteiger partial charge in [0.05, 0.1) is 5.69 Å². The first-order valence-electron chi connectivity index (χ1n) is 11.6. The Labute approximate surface area is 195 Å². The summed E-state index contributed by atoms with van der Waals surface area (Å²) in [5, 5.41) is 3.26. The molecule has 1 amide bonds. The zero-order valence-corrected chi connectivity index (χ0v) is 19.1. The van der Waals surface area contributed by atoms with Crippen LogP contribution in [0, 0.1) is 0 Å². The van der Waals surface area contributed by atoms with Crippen molar-refractivity contribution in [3.63, 3.8) is 0 Å². The van der Waals surface area contributed by atoms with Crippen LogP contribution < -0.4 is 5.32 Å². The van der Waals surface area contributed by atoms with Crippen molar-refractivity contribution in [3.05, 3.63) is 108 Å². The molecule has 2 heterocycles. The number of nitrogens with zero attached hydrogens (tertiary/aromatic N) is 3. The number of amides is 1. The van der Waals surface area contributed by atoms with Crippen LogP contribution in [0.2, 0.25) is 0 Å². The number of rotatable bonds is 8. The molecule has 0 bridgehead atoms. The number of imidazole rings is 1. The van der Waals surface area contributed by atoms with Crippen LogP contribution >= 0.6 is 0 Å². The number of nitrogens with one attached hydrogen (secondary N) is 1. The van der Waals surface area contributed by atoms with Crippen molar-refractivity contribution in [1.29, 1.82) is 0 Å². The van der Waals surface area contributed by atoms with Crippen LogP contribution in [0.4, 0.5) is 0 Å². The standard InChI is InChI=1S/C28H30N4O/c1-31(19-22-9-3-2-4-10-22)28(17-23-11-5-6-12-24(23)18-28)21-29-27(33)15-14-25-20-32-16-8-7-13-26(32)30-25/h2-13,16,20H,14-15,17-19,21H2,1H3,(H,29,33). The Morgan fingerprint density at radius 1 is 1.00 bits per heavy atom. The van der Waals surface area contributed by atoms with Gasteiger partial charge in [0.15, 0.2) is 0 Å². The maximum absolute atomic E-state index is 12.8. The number of carbonyl (C=O) groups is 1. The van der Waals surface area contributed by atoms with Gasteiger partial charge in [-0.15, -0.1) is 0 Å². The van der Waals surface area contributed by atoms with Gasteiger partial charge >= 0.3 is 0 Å². The van der Waals surface area contributed by atoms with Gasteiger partial charge in [0.1, 0.15) is 5.65 Å². The summed E-state index contributed by atoms with van der Waals surface area (Å²) in [5.74, 6) is 0.0792. The molecular weight excluding hydrogens is 408 g/mol. The molecule has 5 nitrogen and oxygen atoms in total. The SMILES string of the molecule is CN(Cc1ccccc1)C1(CNC(=O)CCc2cn3ccccc3n2)Cc2ccccc2C1. The summed E-state index contributed by atoms with van der Waals surface area (Å²) >= 11 is 0. The molecule has 0 saturated heterocycles. The molecule has 2 aromatic carbocycles. The van der Waals surface area contributed by atoms with Crippen molar-refractivity contribution in [2.75, 3.05) is 13.6 Å². The third-order valence-corrected chi connectivity index (χ3v) is 6.87. The predicted octanol–water partition coefficient (Wildman–Crippen LogP) is 4.05. The summed E-state index contributed by atoms with van der Waals surface area (Å²) in [6.07, 6.45) is 6.95. The fraction of sp³-hybridized carbons (Fsp3) is 0.286. The molecule has 0 aliphatic heterocycles. The van der Waals surface area contributed by atoms with E-state index in [9.17, 15) is 4.79 Å². The van der Waals surface area contributed by atoms with E-state index in [2.05, 4.69) is 70.8 Å². The largest absolute Gasteiger partial charge is 0.354 e. The minimum atomic E-state index is -0.127. The van der Waals surface area contributed by atoms with Gasteiger partial charge in [0.2, 0.25) is 5.91 Å². The maximum atomic E-state index is 12.8. The Morgan fingerprint density at radius 2 is 1.70 bits per heavy atom. The molecule has 4 aromatic rings. The Balaban J connectivity index is 1.25. The summed E-state index contributed by atoms with van der Waals surface area (Å²) in [4.78, 5) is 19.9. The van der Waals surface area contributed by atoms with Crippen molar-refractivity contribution in [1.82, 2.24) is 19.6 Å². The number of aromatic nitrogens is 2. The molecule has 0 spiro atoms. The van der Waals surface area contributed by atoms with Gasteiger partial charge in [-0.25, -0.2) is 4.98 Å². The fourth-order valence-corrected chi connectivity index (χ4v) is 4.93. The van der Waals surface area contributed by atoms with Crippen LogP contribution in [0.3, 0.4) is 0 Å². The van der Waals surface area contributed by atoms with Crippen molar-refractivity contribution >= 4 is 11.6 Å². The van der Waals surface area contributed by atoms with Crippen LogP contribution in [-0.4, -0.2) is 39.3 Å². The van der Waals surface area contributed by atoms with Crippen molar-refractivity contribution in [2.24, 2.45) is 0 Å². The van der Waals surface area contributed by atoms with Crippen molar-refractivity contribution < 1.29 is 4.79 Å². The summed E-state index contributed by atoms with van der Waals surface area (Å²) in [6.45, 7) is 1.49. The first kappa shape index (κ1) is 21.4. The average molecular weight is 439 g/mol. The second-order valence-corrected chi connectivity index (χ2v) is 9.16. The maximum Gasteiger partial charge on any atom is 0.220 e. The highest BCUT2D eigenvalue weighted by molar-refractivity contribution is 5.76. The van der Waals surface area contributed by atoms with Gasteiger partial charge in [-0.2, -0.15) is 0 Å². The molecule has 168 valence electrons. The number of benzene rings is 2. The molecule has 0 atom stereocenters. The normalized spacial score (nSPS) is 14.5. The van der Waals surface area contributed by atoms with Gasteiger partial charge in [-0.1, -0.05) is 60.7 Å². The third-order valence-electron chi connectivity index (χ3n) is 6.87. The molecule has 5 rings (SSSR count). The average Bonchev–Trinajstić information content (AvgIpc) is 3.43. The van der Waals surface area contributed by atoms with Crippen molar-refractivity contribution in [3.8, 4) is 0 Å². The lowest BCUT2D eigenvalue weighted by atomic mass is 9.92. The minimum Gasteiger partial charge on any atom is -0.354 e. The second-order valence-electron chi connectivity index (χ2n) is 9.16. The van der Waals surface area contributed by atoms with E-state index < -0.39 is 0 Å². The van der Waals surface area contributed by atoms with Crippen LogP contribution in [0.5, 0.6) is 0 Å². The van der Waals surface area contributed by atoms with E-state index in [1.54, 1.807) is 0 Å². The first-order valence-corrected chi connectivity index (χ1v) is 11.6. The van der Waals surface area contributed by atoms with Gasteiger partial charge in [0, 0.05) is 37.4 Å². The van der Waals surface area contributed by atoms with E-state index >= 15 is 0 Å². The number of hydrogen-bond donors (Lipinski definition) is 1. The number of carbonyl (C=O) groups excluding carboxylic acids is 1. The molecule has 0 fully saturated rings. The van der Waals surface area contributed by atoms with E-state index in [1.807, 2.05) is 41.1 Å². The van der Waals surface area contributed by atoms with E-state index in [4.69, 9.17) is 0 Å². The van der Waals surface area contributed by atoms with Gasteiger partial charge in [-0.3, -0.25) is 9.69 Å². The van der Waals surface area contributed by atoms with Crippen LogP contribution in [-0.2, 0) is 30.6 Å². The highest BCUT2D eigenvalue weighted by Crippen LogP contribution is 2.34. The molecular formula is C28H30N4O. The van der Waals surface area contributed by atoms with E-state index in [0.29, 0.717) is 19.4 Å². The monoisotopic (exact) mass is 438 g/mol. The highest BCUT2D eigenvalue weighted by Gasteiger charge is 2.40. The Bertz CT molecular complexity index is 1190. The van der Waals surface area contributed by atoms with E-state index in [1.165, 1.54) is 16.7 Å². The second kappa shape index (κ2) is 9.20. The Hall–Kier alpha value is -3.44. The van der Waals surface area contributed by atoms with Crippen LogP contribution in [0.25, 0.3) is 5.65 Å². The van der Waals surface area contributed by atoms with Crippen molar-refractivity contribution in [2.45, 2.75) is 37.8 Å². The number of likely N-dealkylation sites (N-methyl/N-ethyl adjacent to an activating group) is 1. The third kappa shape index (κ3) is 4.69. The molecule has 0 saturated carbocycles. The minimum absolute atomic E-state index is 0.0792. The zero-order valence-electron chi connectivity index (χ0n) is 19.1.